The van der Waals surface area contributed by atoms with E-state index in [0.717, 1.165) is 18.4 Å². The van der Waals surface area contributed by atoms with Crippen molar-refractivity contribution in [2.24, 2.45) is 0 Å². The summed E-state index contributed by atoms with van der Waals surface area (Å²) in [5.41, 5.74) is 1.15. The Morgan fingerprint density at radius 1 is 0.449 bits per heavy atom. The van der Waals surface area contributed by atoms with Gasteiger partial charge in [-0.3, -0.25) is 4.18 Å². The molecule has 0 amide bonds. The van der Waals surface area contributed by atoms with E-state index in [4.69, 9.17) is 47.2 Å². The van der Waals surface area contributed by atoms with E-state index in [-0.39, 0.29) is 24.7 Å². The summed E-state index contributed by atoms with van der Waals surface area (Å²) in [7, 11) is -3.81. The molecule has 13 heteroatoms. The van der Waals surface area contributed by atoms with Crippen LogP contribution in [-0.4, -0.2) is 132 Å². The molecule has 1 N–H and O–H groups in total. The standard InChI is InChI=1S/C36H66O12S/c1-2-3-4-5-6-7-8-9-10-11-12-35-13-15-36(16-14-35)49(38,39)48-34-33-47-32-31-46-30-29-45-28-27-44-26-25-43-24-23-42-22-21-41-20-19-40-18-17-37/h13-16,37H,2-12,17-34H2,1H3. The number of rotatable bonds is 39. The van der Waals surface area contributed by atoms with Gasteiger partial charge in [-0.2, -0.15) is 8.42 Å². The number of hydrogen-bond acceptors (Lipinski definition) is 12. The number of unbranched alkanes of at least 4 members (excludes halogenated alkanes) is 9. The molecular weight excluding hydrogens is 656 g/mol. The highest BCUT2D eigenvalue weighted by Crippen LogP contribution is 2.16. The number of aliphatic hydroxyl groups is 1. The number of benzene rings is 1. The molecule has 0 aliphatic carbocycles. The van der Waals surface area contributed by atoms with Crippen molar-refractivity contribution in [2.75, 3.05) is 119 Å². The second-order valence-corrected chi connectivity index (χ2v) is 13.1. The largest absolute Gasteiger partial charge is 0.394 e. The van der Waals surface area contributed by atoms with E-state index < -0.39 is 10.1 Å². The first-order valence-corrected chi connectivity index (χ1v) is 19.7. The zero-order chi connectivity index (χ0) is 35.4. The van der Waals surface area contributed by atoms with Crippen molar-refractivity contribution in [1.29, 1.82) is 0 Å². The quantitative estimate of drug-likeness (QED) is 0.0725. The molecule has 0 bridgehead atoms. The van der Waals surface area contributed by atoms with Crippen LogP contribution < -0.4 is 0 Å². The highest BCUT2D eigenvalue weighted by Gasteiger charge is 2.14. The maximum atomic E-state index is 12.5. The van der Waals surface area contributed by atoms with Crippen molar-refractivity contribution in [1.82, 2.24) is 0 Å². The van der Waals surface area contributed by atoms with Crippen molar-refractivity contribution >= 4 is 10.1 Å². The van der Waals surface area contributed by atoms with Crippen LogP contribution in [0.2, 0.25) is 0 Å². The van der Waals surface area contributed by atoms with Gasteiger partial charge in [0, 0.05) is 0 Å². The second-order valence-electron chi connectivity index (χ2n) is 11.5. The fourth-order valence-corrected chi connectivity index (χ4v) is 5.51. The number of hydrogen-bond donors (Lipinski definition) is 1. The maximum Gasteiger partial charge on any atom is 0.297 e. The average molecular weight is 723 g/mol. The van der Waals surface area contributed by atoms with Gasteiger partial charge in [0.15, 0.2) is 0 Å². The molecule has 0 heterocycles. The van der Waals surface area contributed by atoms with E-state index in [1.165, 1.54) is 57.8 Å². The lowest BCUT2D eigenvalue weighted by Crippen LogP contribution is -2.15. The minimum absolute atomic E-state index is 0.0177. The van der Waals surface area contributed by atoms with Gasteiger partial charge >= 0.3 is 0 Å². The minimum Gasteiger partial charge on any atom is -0.394 e. The van der Waals surface area contributed by atoms with E-state index in [2.05, 4.69) is 6.92 Å². The average Bonchev–Trinajstić information content (AvgIpc) is 3.10. The zero-order valence-electron chi connectivity index (χ0n) is 30.2. The van der Waals surface area contributed by atoms with Gasteiger partial charge in [-0.25, -0.2) is 0 Å². The van der Waals surface area contributed by atoms with Gasteiger partial charge in [-0.05, 0) is 30.5 Å². The van der Waals surface area contributed by atoms with Crippen molar-refractivity contribution in [2.45, 2.75) is 82.4 Å². The Morgan fingerprint density at radius 2 is 0.776 bits per heavy atom. The topological polar surface area (TPSA) is 137 Å². The van der Waals surface area contributed by atoms with Crippen LogP contribution in [0.1, 0.15) is 76.7 Å². The highest BCUT2D eigenvalue weighted by atomic mass is 32.2. The molecule has 0 radical (unpaired) electrons. The third-order valence-electron chi connectivity index (χ3n) is 7.34. The molecule has 49 heavy (non-hydrogen) atoms. The molecule has 0 spiro atoms. The van der Waals surface area contributed by atoms with Crippen molar-refractivity contribution in [3.05, 3.63) is 29.8 Å². The second kappa shape index (κ2) is 35.2. The van der Waals surface area contributed by atoms with Crippen LogP contribution in [0.4, 0.5) is 0 Å². The summed E-state index contributed by atoms with van der Waals surface area (Å²) >= 11 is 0. The number of aliphatic hydroxyl groups excluding tert-OH is 1. The molecule has 1 aromatic carbocycles. The first kappa shape index (κ1) is 45.8. The summed E-state index contributed by atoms with van der Waals surface area (Å²) in [5, 5.41) is 8.59. The predicted molar refractivity (Wildman–Crippen MR) is 189 cm³/mol. The fraction of sp³-hybridized carbons (Fsp3) is 0.833. The number of aryl methyl sites for hydroxylation is 1. The van der Waals surface area contributed by atoms with Gasteiger partial charge in [0.2, 0.25) is 0 Å². The molecule has 0 saturated heterocycles. The normalized spacial score (nSPS) is 11.9. The zero-order valence-corrected chi connectivity index (χ0v) is 31.0. The third-order valence-corrected chi connectivity index (χ3v) is 8.66. The Kier molecular flexibility index (Phi) is 32.9. The van der Waals surface area contributed by atoms with Crippen LogP contribution in [0, 0.1) is 0 Å². The molecule has 0 unspecified atom stereocenters. The SMILES string of the molecule is CCCCCCCCCCCCc1ccc(S(=O)(=O)OCCOCCOCCOCCOCCOCCOCCOCCOCCO)cc1. The third kappa shape index (κ3) is 30.1. The van der Waals surface area contributed by atoms with E-state index in [0.29, 0.717) is 99.1 Å². The van der Waals surface area contributed by atoms with Crippen LogP contribution in [0.25, 0.3) is 0 Å². The van der Waals surface area contributed by atoms with Gasteiger partial charge in [0.05, 0.1) is 124 Å². The molecule has 0 aliphatic rings. The van der Waals surface area contributed by atoms with Crippen molar-refractivity contribution < 1.29 is 55.6 Å². The molecule has 0 fully saturated rings. The van der Waals surface area contributed by atoms with Gasteiger partial charge in [0.1, 0.15) is 0 Å². The first-order chi connectivity index (χ1) is 24.1. The molecule has 12 nitrogen and oxygen atoms in total. The molecule has 1 rings (SSSR count). The van der Waals surface area contributed by atoms with Crippen LogP contribution in [0.3, 0.4) is 0 Å². The Labute approximate surface area is 296 Å². The Balaban J connectivity index is 1.85. The lowest BCUT2D eigenvalue weighted by atomic mass is 10.0. The molecule has 0 atom stereocenters. The molecule has 288 valence electrons. The van der Waals surface area contributed by atoms with E-state index in [9.17, 15) is 8.42 Å². The smallest absolute Gasteiger partial charge is 0.297 e. The minimum atomic E-state index is -3.81. The highest BCUT2D eigenvalue weighted by molar-refractivity contribution is 7.86. The van der Waals surface area contributed by atoms with E-state index >= 15 is 0 Å². The summed E-state index contributed by atoms with van der Waals surface area (Å²) in [6.07, 6.45) is 14.0. The Hall–Kier alpha value is -1.23. The fourth-order valence-electron chi connectivity index (χ4n) is 4.62. The van der Waals surface area contributed by atoms with Gasteiger partial charge in [-0.15, -0.1) is 0 Å². The predicted octanol–water partition coefficient (Wildman–Crippen LogP) is 4.98. The van der Waals surface area contributed by atoms with Crippen LogP contribution in [-0.2, 0) is 58.6 Å². The summed E-state index contributed by atoms with van der Waals surface area (Å²) in [4.78, 5) is 0.166. The lowest BCUT2D eigenvalue weighted by molar-refractivity contribution is -0.0242. The summed E-state index contributed by atoms with van der Waals surface area (Å²) in [6, 6.07) is 7.01. The van der Waals surface area contributed by atoms with E-state index in [1.54, 1.807) is 12.1 Å². The molecule has 0 aliphatic heterocycles. The molecular formula is C36H66O12S. The first-order valence-electron chi connectivity index (χ1n) is 18.3. The van der Waals surface area contributed by atoms with Crippen LogP contribution in [0.5, 0.6) is 0 Å². The van der Waals surface area contributed by atoms with Gasteiger partial charge in [0.25, 0.3) is 10.1 Å². The van der Waals surface area contributed by atoms with Crippen molar-refractivity contribution in [3.8, 4) is 0 Å². The monoisotopic (exact) mass is 722 g/mol. The molecule has 0 aromatic heterocycles. The Bertz CT molecular complexity index is 917. The summed E-state index contributed by atoms with van der Waals surface area (Å²) in [5.74, 6) is 0. The van der Waals surface area contributed by atoms with Crippen LogP contribution in [0.15, 0.2) is 29.2 Å². The molecule has 0 saturated carbocycles. The Morgan fingerprint density at radius 3 is 1.14 bits per heavy atom. The van der Waals surface area contributed by atoms with Gasteiger partial charge in [-0.1, -0.05) is 76.8 Å². The van der Waals surface area contributed by atoms with Crippen LogP contribution >= 0.6 is 0 Å². The maximum absolute atomic E-state index is 12.5. The number of ether oxygens (including phenoxy) is 8. The van der Waals surface area contributed by atoms with Gasteiger partial charge < -0.3 is 43.0 Å². The summed E-state index contributed by atoms with van der Waals surface area (Å²) in [6.45, 7) is 9.06. The van der Waals surface area contributed by atoms with Crippen molar-refractivity contribution in [3.63, 3.8) is 0 Å². The molecule has 1 aromatic rings. The van der Waals surface area contributed by atoms with E-state index in [1.807, 2.05) is 12.1 Å². The lowest BCUT2D eigenvalue weighted by Gasteiger charge is -2.09. The summed E-state index contributed by atoms with van der Waals surface area (Å²) < 4.78 is 73.1.